The van der Waals surface area contributed by atoms with E-state index >= 15 is 0 Å². The molecule has 0 saturated carbocycles. The van der Waals surface area contributed by atoms with Gasteiger partial charge in [0.05, 0.1) is 28.0 Å². The number of anilines is 1. The van der Waals surface area contributed by atoms with E-state index in [1.165, 1.54) is 39.3 Å². The Morgan fingerprint density at radius 3 is 2.65 bits per heavy atom. The van der Waals surface area contributed by atoms with Crippen LogP contribution in [0.4, 0.5) is 15.8 Å². The third kappa shape index (κ3) is 6.59. The Balaban J connectivity index is 0.000000170. The first-order valence-corrected chi connectivity index (χ1v) is 16.6. The first kappa shape index (κ1) is 33.3. The lowest BCUT2D eigenvalue weighted by Crippen LogP contribution is -2.39. The van der Waals surface area contributed by atoms with E-state index in [1.807, 2.05) is 4.57 Å². The summed E-state index contributed by atoms with van der Waals surface area (Å²) in [5.41, 5.74) is 0.907. The van der Waals surface area contributed by atoms with Gasteiger partial charge in [0.1, 0.15) is 35.4 Å². The maximum atomic E-state index is 14.5. The molecule has 5 heterocycles. The van der Waals surface area contributed by atoms with Gasteiger partial charge in [0.15, 0.2) is 12.4 Å². The van der Waals surface area contributed by atoms with Crippen molar-refractivity contribution in [2.75, 3.05) is 24.7 Å². The van der Waals surface area contributed by atoms with E-state index < -0.39 is 5.82 Å². The Labute approximate surface area is 289 Å². The van der Waals surface area contributed by atoms with Gasteiger partial charge in [-0.05, 0) is 30.4 Å². The predicted octanol–water partition coefficient (Wildman–Crippen LogP) is 4.95. The van der Waals surface area contributed by atoms with Gasteiger partial charge in [0.2, 0.25) is 4.80 Å². The second-order valence-electron chi connectivity index (χ2n) is 12.1. The number of amides is 1. The summed E-state index contributed by atoms with van der Waals surface area (Å²) in [5.74, 6) is 6.43. The number of carbonyl (C=O) groups excluding carboxylic acids is 1. The Kier molecular flexibility index (Phi) is 9.39. The summed E-state index contributed by atoms with van der Waals surface area (Å²) in [6.45, 7) is 5.81. The van der Waals surface area contributed by atoms with Crippen molar-refractivity contribution in [2.45, 2.75) is 52.6 Å². The zero-order chi connectivity index (χ0) is 34.2. The summed E-state index contributed by atoms with van der Waals surface area (Å²) in [6, 6.07) is 5.86. The minimum atomic E-state index is -0.515. The molecular weight excluding hydrogens is 680 g/mol. The molecule has 0 unspecified atom stereocenters. The number of aromatic nitrogens is 5. The average molecular weight is 711 g/mol. The molecule has 3 aliphatic heterocycles. The van der Waals surface area contributed by atoms with Crippen LogP contribution in [0.3, 0.4) is 0 Å². The Hall–Kier alpha value is -4.56. The number of ether oxygens (including phenoxy) is 2. The van der Waals surface area contributed by atoms with Crippen molar-refractivity contribution in [3.05, 3.63) is 67.1 Å². The van der Waals surface area contributed by atoms with Crippen LogP contribution < -0.4 is 24.9 Å². The smallest absolute Gasteiger partial charge is 0.350 e. The maximum Gasteiger partial charge on any atom is 0.350 e. The molecule has 0 N–H and O–H groups in total. The Morgan fingerprint density at radius 2 is 1.90 bits per heavy atom. The maximum absolute atomic E-state index is 14.5. The molecule has 4 aromatic rings. The summed E-state index contributed by atoms with van der Waals surface area (Å²) in [5, 5.41) is 5.04. The highest BCUT2D eigenvalue weighted by Crippen LogP contribution is 2.38. The number of halogens is 3. The van der Waals surface area contributed by atoms with Gasteiger partial charge in [-0.15, -0.1) is 17.9 Å². The summed E-state index contributed by atoms with van der Waals surface area (Å²) in [6.07, 6.45) is 14.2. The van der Waals surface area contributed by atoms with Gasteiger partial charge in [0.25, 0.3) is 5.91 Å². The number of hydrogen-bond acceptors (Lipinski definition) is 8. The number of carbonyl (C=O) groups is 1. The van der Waals surface area contributed by atoms with Gasteiger partial charge in [-0.1, -0.05) is 48.9 Å². The monoisotopic (exact) mass is 709 g/mol. The van der Waals surface area contributed by atoms with Crippen molar-refractivity contribution in [1.82, 2.24) is 23.3 Å². The van der Waals surface area contributed by atoms with Crippen LogP contribution in [0.5, 0.6) is 11.5 Å². The van der Waals surface area contributed by atoms with Gasteiger partial charge in [0, 0.05) is 49.6 Å². The van der Waals surface area contributed by atoms with Crippen molar-refractivity contribution in [3.63, 3.8) is 0 Å². The molecule has 0 radical (unpaired) electrons. The zero-order valence-electron chi connectivity index (χ0n) is 26.1. The minimum Gasteiger partial charge on any atom is -0.481 e. The molecule has 15 heteroatoms. The predicted molar refractivity (Wildman–Crippen MR) is 181 cm³/mol. The lowest BCUT2D eigenvalue weighted by molar-refractivity contribution is -0.121. The van der Waals surface area contributed by atoms with E-state index in [2.05, 4.69) is 40.2 Å². The normalized spacial score (nSPS) is 16.1. The fraction of sp³-hybridized carbons (Fsp3) is 0.364. The molecule has 2 aromatic heterocycles. The van der Waals surface area contributed by atoms with Crippen LogP contribution in [-0.2, 0) is 30.7 Å². The van der Waals surface area contributed by atoms with E-state index in [4.69, 9.17) is 45.5 Å². The van der Waals surface area contributed by atoms with Gasteiger partial charge in [-0.2, -0.15) is 9.06 Å². The highest BCUT2D eigenvalue weighted by Gasteiger charge is 2.31. The molecule has 0 spiro atoms. The molecule has 7 rings (SSSR count). The lowest BCUT2D eigenvalue weighted by Gasteiger charge is -2.28. The fourth-order valence-electron chi connectivity index (χ4n) is 5.71. The first-order chi connectivity index (χ1) is 23.0. The molecule has 11 nitrogen and oxygen atoms in total. The summed E-state index contributed by atoms with van der Waals surface area (Å²) in [7, 11) is 0. The zero-order valence-corrected chi connectivity index (χ0v) is 28.5. The summed E-state index contributed by atoms with van der Waals surface area (Å²) >= 11 is 13.5. The van der Waals surface area contributed by atoms with Crippen LogP contribution >= 0.6 is 34.7 Å². The van der Waals surface area contributed by atoms with Crippen molar-refractivity contribution >= 4 is 52.0 Å². The van der Waals surface area contributed by atoms with Crippen molar-refractivity contribution in [1.29, 1.82) is 0 Å². The highest BCUT2D eigenvalue weighted by atomic mass is 35.5. The summed E-state index contributed by atoms with van der Waals surface area (Å²) < 4.78 is 34.7. The number of terminal acetylenes is 2. The van der Waals surface area contributed by atoms with Gasteiger partial charge in [-0.25, -0.2) is 14.2 Å². The molecule has 0 bridgehead atoms. The molecule has 0 fully saturated rings. The molecule has 3 aliphatic rings. The number of hydrogen-bond donors (Lipinski definition) is 0. The number of rotatable bonds is 5. The van der Waals surface area contributed by atoms with Crippen LogP contribution in [0.15, 0.2) is 34.1 Å². The molecule has 0 atom stereocenters. The fourth-order valence-corrected chi connectivity index (χ4v) is 6.99. The third-order valence-electron chi connectivity index (χ3n) is 7.95. The van der Waals surface area contributed by atoms with Gasteiger partial charge < -0.3 is 14.0 Å². The molecule has 1 amide bonds. The standard InChI is InChI=1S/C18H17FN4O2S.C15H13Cl2N3O2/c1-4-5-22-13-7-12(11(19)6-14(13)25-9-16(22)24)20-17-23-10-18(2,3)8-15(23)21-26-17;1-2-7-22-13-9-12(10(16)8-11(13)17)20-15(21)19-6-4-3-5-14(19)18-20/h1,6-7H,5,8-10H2,2-3H3;1,8-9H,3-7H2. The van der Waals surface area contributed by atoms with Crippen LogP contribution in [0.1, 0.15) is 38.3 Å². The second-order valence-corrected chi connectivity index (χ2v) is 13.7. The Bertz CT molecular complexity index is 2140. The lowest BCUT2D eigenvalue weighted by atomic mass is 9.92. The third-order valence-corrected chi connectivity index (χ3v) is 9.32. The Morgan fingerprint density at radius 1 is 1.08 bits per heavy atom. The van der Waals surface area contributed by atoms with Gasteiger partial charge >= 0.3 is 5.69 Å². The minimum absolute atomic E-state index is 0.0788. The first-order valence-electron chi connectivity index (χ1n) is 15.0. The van der Waals surface area contributed by atoms with E-state index in [0.29, 0.717) is 44.3 Å². The highest BCUT2D eigenvalue weighted by molar-refractivity contribution is 7.02. The molecular formula is C33H30Cl2FN7O4S. The number of nitrogens with zero attached hydrogens (tertiary/aromatic N) is 7. The van der Waals surface area contributed by atoms with Crippen LogP contribution in [-0.4, -0.2) is 49.0 Å². The molecule has 0 saturated heterocycles. The number of benzene rings is 2. The molecule has 248 valence electrons. The quantitative estimate of drug-likeness (QED) is 0.272. The van der Waals surface area contributed by atoms with E-state index in [0.717, 1.165) is 43.9 Å². The van der Waals surface area contributed by atoms with Crippen molar-refractivity contribution in [2.24, 2.45) is 10.4 Å². The van der Waals surface area contributed by atoms with Crippen molar-refractivity contribution in [3.8, 4) is 41.9 Å². The van der Waals surface area contributed by atoms with E-state index in [-0.39, 0.29) is 42.5 Å². The summed E-state index contributed by atoms with van der Waals surface area (Å²) in [4.78, 5) is 31.0. The molecule has 2 aromatic carbocycles. The van der Waals surface area contributed by atoms with Crippen LogP contribution in [0.2, 0.25) is 10.0 Å². The van der Waals surface area contributed by atoms with Crippen LogP contribution in [0.25, 0.3) is 5.69 Å². The molecule has 0 aliphatic carbocycles. The largest absolute Gasteiger partial charge is 0.481 e. The van der Waals surface area contributed by atoms with Gasteiger partial charge in [-0.3, -0.25) is 14.3 Å². The number of fused-ring (bicyclic) bond motifs is 3. The van der Waals surface area contributed by atoms with Crippen molar-refractivity contribution < 1.29 is 18.7 Å². The average Bonchev–Trinajstić information content (AvgIpc) is 3.68. The van der Waals surface area contributed by atoms with Crippen LogP contribution in [0, 0.1) is 35.9 Å². The SMILES string of the molecule is C#CCN1C(=O)COc2cc(F)c(N=c3snc4n3CC(C)(C)C4)cc21.C#CCOc1cc(-n2nc3n(c2=O)CCCC3)c(Cl)cc1Cl. The van der Waals surface area contributed by atoms with E-state index in [9.17, 15) is 14.0 Å². The van der Waals surface area contributed by atoms with E-state index in [1.54, 1.807) is 10.6 Å². The second kappa shape index (κ2) is 13.5. The number of aryl methyl sites for hydroxylation is 1. The molecule has 48 heavy (non-hydrogen) atoms. The topological polar surface area (TPSA) is 109 Å².